The van der Waals surface area contributed by atoms with Gasteiger partial charge in [0.25, 0.3) is 0 Å². The molecule has 7 heteroatoms. The quantitative estimate of drug-likeness (QED) is 0.851. The molecule has 3 fully saturated rings. The van der Waals surface area contributed by atoms with Gasteiger partial charge >= 0.3 is 0 Å². The van der Waals surface area contributed by atoms with Crippen LogP contribution in [0.1, 0.15) is 45.6 Å². The second-order valence-corrected chi connectivity index (χ2v) is 9.25. The molecule has 0 saturated heterocycles. The molecule has 0 bridgehead atoms. The highest BCUT2D eigenvalue weighted by molar-refractivity contribution is 5.79. The van der Waals surface area contributed by atoms with Gasteiger partial charge in [-0.25, -0.2) is 18.2 Å². The summed E-state index contributed by atoms with van der Waals surface area (Å²) >= 11 is 0. The lowest BCUT2D eigenvalue weighted by Crippen LogP contribution is -2.52. The van der Waals surface area contributed by atoms with Crippen molar-refractivity contribution in [2.45, 2.75) is 57.3 Å². The lowest BCUT2D eigenvalue weighted by atomic mass is 9.78. The number of aromatic nitrogens is 2. The maximum Gasteiger partial charge on any atom is 0.223 e. The highest BCUT2D eigenvalue weighted by Crippen LogP contribution is 2.64. The van der Waals surface area contributed by atoms with E-state index < -0.39 is 17.3 Å². The van der Waals surface area contributed by atoms with Crippen LogP contribution in [-0.4, -0.2) is 27.2 Å². The zero-order chi connectivity index (χ0) is 19.8. The molecule has 1 aromatic heterocycles. The van der Waals surface area contributed by atoms with Gasteiger partial charge in [-0.2, -0.15) is 0 Å². The van der Waals surface area contributed by atoms with Crippen molar-refractivity contribution in [3.63, 3.8) is 0 Å². The first kappa shape index (κ1) is 18.0. The molecule has 1 amide bonds. The van der Waals surface area contributed by atoms with Crippen molar-refractivity contribution >= 4 is 16.9 Å². The number of benzene rings is 1. The van der Waals surface area contributed by atoms with E-state index in [9.17, 15) is 18.0 Å². The summed E-state index contributed by atoms with van der Waals surface area (Å²) in [5, 5.41) is 2.99. The molecule has 28 heavy (non-hydrogen) atoms. The monoisotopic (exact) mass is 391 g/mol. The van der Waals surface area contributed by atoms with Gasteiger partial charge < -0.3 is 9.88 Å². The number of carbonyl (C=O) groups is 1. The number of carbonyl (C=O) groups excluding carboxylic acids is 1. The molecule has 1 aromatic carbocycles. The Morgan fingerprint density at radius 3 is 2.54 bits per heavy atom. The first-order valence-electron chi connectivity index (χ1n) is 10.0. The number of fused-ring (bicyclic) bond motifs is 2. The van der Waals surface area contributed by atoms with E-state index in [4.69, 9.17) is 0 Å². The van der Waals surface area contributed by atoms with Gasteiger partial charge in [0.05, 0.1) is 17.4 Å². The number of nitrogens with one attached hydrogen (secondary N) is 1. The van der Waals surface area contributed by atoms with Crippen molar-refractivity contribution in [2.75, 3.05) is 0 Å². The molecule has 0 spiro atoms. The van der Waals surface area contributed by atoms with Crippen molar-refractivity contribution in [1.29, 1.82) is 0 Å². The molecule has 5 atom stereocenters. The van der Waals surface area contributed by atoms with E-state index in [-0.39, 0.29) is 23.9 Å². The summed E-state index contributed by atoms with van der Waals surface area (Å²) in [5.74, 6) is -0.484. The zero-order valence-electron chi connectivity index (χ0n) is 16.0. The van der Waals surface area contributed by atoms with Gasteiger partial charge in [0.2, 0.25) is 5.91 Å². The summed E-state index contributed by atoms with van der Waals surface area (Å²) in [6.07, 6.45) is 4.30. The van der Waals surface area contributed by atoms with E-state index in [2.05, 4.69) is 10.3 Å². The average Bonchev–Trinajstić information content (AvgIpc) is 2.92. The predicted molar refractivity (Wildman–Crippen MR) is 98.2 cm³/mol. The molecule has 3 aliphatic rings. The van der Waals surface area contributed by atoms with Crippen LogP contribution in [0.15, 0.2) is 18.5 Å². The van der Waals surface area contributed by atoms with Crippen molar-refractivity contribution in [1.82, 2.24) is 14.9 Å². The van der Waals surface area contributed by atoms with E-state index in [1.165, 1.54) is 6.07 Å². The molecule has 2 aromatic rings. The number of amides is 1. The third-order valence-electron chi connectivity index (χ3n) is 7.18. The van der Waals surface area contributed by atoms with Gasteiger partial charge in [0.1, 0.15) is 5.67 Å². The summed E-state index contributed by atoms with van der Waals surface area (Å²) in [6.45, 7) is 3.54. The number of hydrogen-bond donors (Lipinski definition) is 1. The summed E-state index contributed by atoms with van der Waals surface area (Å²) in [4.78, 5) is 16.7. The van der Waals surface area contributed by atoms with Crippen molar-refractivity contribution in [3.05, 3.63) is 30.1 Å². The number of halogens is 3. The molecule has 0 aliphatic heterocycles. The van der Waals surface area contributed by atoms with Gasteiger partial charge in [-0.1, -0.05) is 6.92 Å². The van der Waals surface area contributed by atoms with E-state index in [1.54, 1.807) is 13.3 Å². The largest absolute Gasteiger partial charge is 0.353 e. The molecule has 4 nitrogen and oxygen atoms in total. The van der Waals surface area contributed by atoms with Crippen LogP contribution in [0.3, 0.4) is 0 Å². The van der Waals surface area contributed by atoms with E-state index in [0.717, 1.165) is 18.9 Å². The average molecular weight is 391 g/mol. The van der Waals surface area contributed by atoms with Gasteiger partial charge in [-0.05, 0) is 37.5 Å². The molecular formula is C21H24F3N3O. The number of hydrogen-bond acceptors (Lipinski definition) is 2. The van der Waals surface area contributed by atoms with Crippen molar-refractivity contribution < 1.29 is 18.0 Å². The van der Waals surface area contributed by atoms with Crippen LogP contribution in [0.4, 0.5) is 13.2 Å². The minimum Gasteiger partial charge on any atom is -0.353 e. The maximum atomic E-state index is 13.6. The standard InChI is InChI=1S/C21H24F3N3O/c1-10(20(28)26-11-7-21(2,24)8-11)19-13-3-12(4-14(13)19)27-9-25-17-5-15(22)16(23)6-18(17)27/h5-6,9-14,19H,3-4,7-8H2,1-2H3,(H,26,28)/t10?,11?,12?,13-,14+,19?,21?. The second-order valence-electron chi connectivity index (χ2n) is 9.25. The Kier molecular flexibility index (Phi) is 3.84. The topological polar surface area (TPSA) is 46.9 Å². The van der Waals surface area contributed by atoms with Gasteiger partial charge in [0, 0.05) is 43.0 Å². The summed E-state index contributed by atoms with van der Waals surface area (Å²) in [7, 11) is 0. The fraction of sp³-hybridized carbons (Fsp3) is 0.619. The highest BCUT2D eigenvalue weighted by atomic mass is 19.2. The Labute approximate surface area is 161 Å². The predicted octanol–water partition coefficient (Wildman–Crippen LogP) is 4.15. The van der Waals surface area contributed by atoms with Crippen LogP contribution in [0.2, 0.25) is 0 Å². The third kappa shape index (κ3) is 2.81. The third-order valence-corrected chi connectivity index (χ3v) is 7.18. The van der Waals surface area contributed by atoms with E-state index >= 15 is 0 Å². The van der Waals surface area contributed by atoms with Crippen LogP contribution in [0, 0.1) is 35.3 Å². The van der Waals surface area contributed by atoms with Gasteiger partial charge in [-0.3, -0.25) is 4.79 Å². The fourth-order valence-electron chi connectivity index (χ4n) is 5.72. The Hall–Kier alpha value is -2.05. The fourth-order valence-corrected chi connectivity index (χ4v) is 5.72. The Morgan fingerprint density at radius 1 is 1.25 bits per heavy atom. The van der Waals surface area contributed by atoms with E-state index in [0.29, 0.717) is 41.6 Å². The molecule has 150 valence electrons. The summed E-state index contributed by atoms with van der Waals surface area (Å²) in [6, 6.07) is 2.51. The number of rotatable bonds is 4. The molecule has 5 rings (SSSR count). The first-order chi connectivity index (χ1) is 13.2. The summed E-state index contributed by atoms with van der Waals surface area (Å²) < 4.78 is 42.6. The first-order valence-corrected chi connectivity index (χ1v) is 10.0. The minimum absolute atomic E-state index is 0.0297. The van der Waals surface area contributed by atoms with Crippen LogP contribution in [-0.2, 0) is 4.79 Å². The lowest BCUT2D eigenvalue weighted by Gasteiger charge is -2.39. The molecule has 0 radical (unpaired) electrons. The normalized spacial score (nSPS) is 37.4. The Bertz CT molecular complexity index is 936. The molecule has 3 saturated carbocycles. The second kappa shape index (κ2) is 5.97. The lowest BCUT2D eigenvalue weighted by molar-refractivity contribution is -0.127. The minimum atomic E-state index is -1.14. The molecule has 1 heterocycles. The summed E-state index contributed by atoms with van der Waals surface area (Å²) in [5.41, 5.74) is -0.0589. The van der Waals surface area contributed by atoms with Crippen molar-refractivity contribution in [2.24, 2.45) is 23.7 Å². The van der Waals surface area contributed by atoms with Crippen LogP contribution >= 0.6 is 0 Å². The van der Waals surface area contributed by atoms with E-state index in [1.807, 2.05) is 11.5 Å². The van der Waals surface area contributed by atoms with Crippen LogP contribution < -0.4 is 5.32 Å². The van der Waals surface area contributed by atoms with Crippen molar-refractivity contribution in [3.8, 4) is 0 Å². The SMILES string of the molecule is CC(C(=O)NC1CC(C)(F)C1)C1[C@H]2CC(n3cnc4cc(F)c(F)cc43)C[C@@H]12. The van der Waals surface area contributed by atoms with Crippen LogP contribution in [0.5, 0.6) is 0 Å². The highest BCUT2D eigenvalue weighted by Gasteiger charge is 2.59. The molecular weight excluding hydrogens is 367 g/mol. The molecule has 3 aliphatic carbocycles. The number of imidazole rings is 1. The molecule has 1 N–H and O–H groups in total. The maximum absolute atomic E-state index is 13.6. The smallest absolute Gasteiger partial charge is 0.223 e. The van der Waals surface area contributed by atoms with Gasteiger partial charge in [0.15, 0.2) is 11.6 Å². The Morgan fingerprint density at radius 2 is 1.89 bits per heavy atom. The number of nitrogens with zero attached hydrogens (tertiary/aromatic N) is 2. The van der Waals surface area contributed by atoms with Crippen LogP contribution in [0.25, 0.3) is 11.0 Å². The van der Waals surface area contributed by atoms with Gasteiger partial charge in [-0.15, -0.1) is 0 Å². The molecule has 3 unspecified atom stereocenters. The number of alkyl halides is 1. The Balaban J connectivity index is 1.21. The zero-order valence-corrected chi connectivity index (χ0v) is 16.0.